The van der Waals surface area contributed by atoms with Crippen molar-refractivity contribution in [1.82, 2.24) is 4.57 Å². The van der Waals surface area contributed by atoms with Gasteiger partial charge in [0.05, 0.1) is 0 Å². The molecule has 0 aliphatic rings. The number of hydrogen-bond acceptors (Lipinski definition) is 3. The summed E-state index contributed by atoms with van der Waals surface area (Å²) in [5, 5.41) is 9.24. The molecule has 0 saturated heterocycles. The lowest BCUT2D eigenvalue weighted by Gasteiger charge is -2.09. The highest BCUT2D eigenvalue weighted by Crippen LogP contribution is 2.23. The van der Waals surface area contributed by atoms with E-state index in [1.165, 1.54) is 10.6 Å². The molecule has 2 aromatic rings. The molecule has 0 fully saturated rings. The van der Waals surface area contributed by atoms with E-state index >= 15 is 0 Å². The van der Waals surface area contributed by atoms with E-state index in [0.717, 1.165) is 5.56 Å². The van der Waals surface area contributed by atoms with Crippen LogP contribution in [0.4, 0.5) is 0 Å². The van der Waals surface area contributed by atoms with Gasteiger partial charge in [-0.15, -0.1) is 0 Å². The van der Waals surface area contributed by atoms with E-state index in [0.29, 0.717) is 11.3 Å². The molecule has 0 saturated carbocycles. The van der Waals surface area contributed by atoms with Gasteiger partial charge in [0.15, 0.2) is 0 Å². The molecule has 1 atom stereocenters. The number of nitrogens with zero attached hydrogens (tertiary/aromatic N) is 1. The Labute approximate surface area is 122 Å². The summed E-state index contributed by atoms with van der Waals surface area (Å²) in [4.78, 5) is 23.5. The lowest BCUT2D eigenvalue weighted by Crippen LogP contribution is -2.23. The van der Waals surface area contributed by atoms with Gasteiger partial charge in [-0.3, -0.25) is 9.36 Å². The molecule has 0 aliphatic heterocycles. The van der Waals surface area contributed by atoms with Crippen molar-refractivity contribution in [2.75, 3.05) is 5.75 Å². The predicted octanol–water partition coefficient (Wildman–Crippen LogP) is 3.06. The van der Waals surface area contributed by atoms with E-state index in [-0.39, 0.29) is 17.5 Å². The highest BCUT2D eigenvalue weighted by molar-refractivity contribution is 7.80. The van der Waals surface area contributed by atoms with Gasteiger partial charge in [-0.05, 0) is 11.6 Å². The van der Waals surface area contributed by atoms with Gasteiger partial charge in [-0.2, -0.15) is 12.6 Å². The number of carboxylic acids is 1. The third-order valence-corrected chi connectivity index (χ3v) is 3.63. The zero-order valence-electron chi connectivity index (χ0n) is 11.0. The summed E-state index contributed by atoms with van der Waals surface area (Å²) in [5.41, 5.74) is 1.56. The van der Waals surface area contributed by atoms with Crippen LogP contribution in [0.2, 0.25) is 0 Å². The van der Waals surface area contributed by atoms with Crippen LogP contribution in [0, 0.1) is 5.92 Å². The molecule has 4 nitrogen and oxygen atoms in total. The first-order valence-electron chi connectivity index (χ1n) is 6.20. The van der Waals surface area contributed by atoms with Crippen molar-refractivity contribution in [2.45, 2.75) is 6.92 Å². The second-order valence-electron chi connectivity index (χ2n) is 4.58. The molecule has 0 radical (unpaired) electrons. The monoisotopic (exact) mass is 289 g/mol. The van der Waals surface area contributed by atoms with Crippen LogP contribution in [-0.2, 0) is 0 Å². The maximum atomic E-state index is 12.2. The summed E-state index contributed by atoms with van der Waals surface area (Å²) >= 11 is 4.09. The van der Waals surface area contributed by atoms with Gasteiger partial charge in [-0.1, -0.05) is 37.3 Å². The number of benzene rings is 1. The van der Waals surface area contributed by atoms with Crippen molar-refractivity contribution in [3.8, 4) is 11.1 Å². The van der Waals surface area contributed by atoms with Crippen LogP contribution in [0.3, 0.4) is 0 Å². The average molecular weight is 289 g/mol. The molecule has 0 aliphatic carbocycles. The quantitative estimate of drug-likeness (QED) is 0.850. The Morgan fingerprint density at radius 1 is 1.25 bits per heavy atom. The summed E-state index contributed by atoms with van der Waals surface area (Å²) in [6, 6.07) is 10.9. The summed E-state index contributed by atoms with van der Waals surface area (Å²) in [5.74, 6) is -1.35. The van der Waals surface area contributed by atoms with Gasteiger partial charge >= 0.3 is 5.97 Å². The highest BCUT2D eigenvalue weighted by Gasteiger charge is 2.21. The van der Waals surface area contributed by atoms with Crippen LogP contribution in [0.1, 0.15) is 22.2 Å². The number of hydrogen-bond donors (Lipinski definition) is 2. The molecule has 1 N–H and O–H groups in total. The van der Waals surface area contributed by atoms with Crippen LogP contribution in [-0.4, -0.2) is 27.3 Å². The van der Waals surface area contributed by atoms with Crippen LogP contribution >= 0.6 is 12.6 Å². The van der Waals surface area contributed by atoms with E-state index in [1.54, 1.807) is 13.1 Å². The van der Waals surface area contributed by atoms with Crippen LogP contribution in [0.25, 0.3) is 11.1 Å². The minimum Gasteiger partial charge on any atom is -0.477 e. The van der Waals surface area contributed by atoms with E-state index in [2.05, 4.69) is 12.6 Å². The van der Waals surface area contributed by atoms with Crippen molar-refractivity contribution in [3.63, 3.8) is 0 Å². The first-order valence-corrected chi connectivity index (χ1v) is 6.84. The molecule has 104 valence electrons. The Balaban J connectivity index is 2.49. The number of aromatic nitrogens is 1. The summed E-state index contributed by atoms with van der Waals surface area (Å²) in [6.45, 7) is 1.73. The smallest absolute Gasteiger partial charge is 0.352 e. The minimum absolute atomic E-state index is 0.0255. The van der Waals surface area contributed by atoms with E-state index in [9.17, 15) is 14.7 Å². The second-order valence-corrected chi connectivity index (χ2v) is 4.94. The Bertz CT molecular complexity index is 634. The summed E-state index contributed by atoms with van der Waals surface area (Å²) in [6.07, 6.45) is 1.57. The number of carbonyl (C=O) groups excluding carboxylic acids is 1. The zero-order valence-corrected chi connectivity index (χ0v) is 11.9. The van der Waals surface area contributed by atoms with Crippen LogP contribution in [0.5, 0.6) is 0 Å². The van der Waals surface area contributed by atoms with Gasteiger partial charge in [-0.25, -0.2) is 4.79 Å². The number of rotatable bonds is 4. The second kappa shape index (κ2) is 5.96. The molecule has 20 heavy (non-hydrogen) atoms. The average Bonchev–Trinajstić information content (AvgIpc) is 2.92. The highest BCUT2D eigenvalue weighted by atomic mass is 32.1. The van der Waals surface area contributed by atoms with Crippen LogP contribution < -0.4 is 0 Å². The van der Waals surface area contributed by atoms with Gasteiger partial charge in [0.25, 0.3) is 0 Å². The Morgan fingerprint density at radius 3 is 2.45 bits per heavy atom. The fraction of sp³-hybridized carbons (Fsp3) is 0.200. The zero-order chi connectivity index (χ0) is 14.7. The molecule has 1 unspecified atom stereocenters. The van der Waals surface area contributed by atoms with E-state index in [4.69, 9.17) is 0 Å². The number of carboxylic acid groups (broad SMARTS) is 1. The maximum absolute atomic E-state index is 12.2. The van der Waals surface area contributed by atoms with Gasteiger partial charge in [0.1, 0.15) is 5.69 Å². The topological polar surface area (TPSA) is 59.3 Å². The third kappa shape index (κ3) is 2.77. The molecule has 1 heterocycles. The van der Waals surface area contributed by atoms with Crippen molar-refractivity contribution < 1.29 is 14.7 Å². The first-order chi connectivity index (χ1) is 9.54. The maximum Gasteiger partial charge on any atom is 0.352 e. The normalized spacial score (nSPS) is 12.1. The lowest BCUT2D eigenvalue weighted by atomic mass is 10.1. The molecule has 1 aromatic carbocycles. The van der Waals surface area contributed by atoms with E-state index in [1.807, 2.05) is 30.3 Å². The molecule has 5 heteroatoms. The Morgan fingerprint density at radius 2 is 1.90 bits per heavy atom. The Hall–Kier alpha value is -2.01. The number of thiol groups is 1. The van der Waals surface area contributed by atoms with Crippen molar-refractivity contribution in [1.29, 1.82) is 0 Å². The van der Waals surface area contributed by atoms with Crippen molar-refractivity contribution in [3.05, 3.63) is 48.3 Å². The molecule has 1 aromatic heterocycles. The fourth-order valence-electron chi connectivity index (χ4n) is 1.91. The van der Waals surface area contributed by atoms with Gasteiger partial charge in [0.2, 0.25) is 5.91 Å². The predicted molar refractivity (Wildman–Crippen MR) is 80.5 cm³/mol. The molecular formula is C15H15NO3S. The standard InChI is InChI=1S/C15H15NO3S/c1-10(9-20)14(17)16-8-12(7-13(16)15(18)19)11-5-3-2-4-6-11/h2-8,10,20H,9H2,1H3,(H,18,19). The fourth-order valence-corrected chi connectivity index (χ4v) is 2.07. The molecule has 2 rings (SSSR count). The van der Waals surface area contributed by atoms with Crippen LogP contribution in [0.15, 0.2) is 42.6 Å². The number of aromatic carboxylic acids is 1. The molecule has 0 spiro atoms. The van der Waals surface area contributed by atoms with Crippen molar-refractivity contribution in [2.24, 2.45) is 5.92 Å². The molecule has 0 amide bonds. The van der Waals surface area contributed by atoms with Gasteiger partial charge in [0, 0.05) is 23.4 Å². The largest absolute Gasteiger partial charge is 0.477 e. The van der Waals surface area contributed by atoms with Gasteiger partial charge < -0.3 is 5.11 Å². The lowest BCUT2D eigenvalue weighted by molar-refractivity contribution is 0.0668. The Kier molecular flexibility index (Phi) is 4.29. The third-order valence-electron chi connectivity index (χ3n) is 3.08. The summed E-state index contributed by atoms with van der Waals surface area (Å²) < 4.78 is 1.20. The number of carbonyl (C=O) groups is 2. The first kappa shape index (κ1) is 14.4. The van der Waals surface area contributed by atoms with E-state index < -0.39 is 5.97 Å². The molecule has 0 bridgehead atoms. The minimum atomic E-state index is -1.12. The summed E-state index contributed by atoms with van der Waals surface area (Å²) in [7, 11) is 0. The molecular weight excluding hydrogens is 274 g/mol. The van der Waals surface area contributed by atoms with Crippen molar-refractivity contribution >= 4 is 24.5 Å². The SMILES string of the molecule is CC(CS)C(=O)n1cc(-c2ccccc2)cc1C(=O)O.